The van der Waals surface area contributed by atoms with E-state index in [9.17, 15) is 22.8 Å². The molecule has 1 amide bonds. The summed E-state index contributed by atoms with van der Waals surface area (Å²) in [5, 5.41) is 3.33. The van der Waals surface area contributed by atoms with E-state index in [0.717, 1.165) is 16.9 Å². The molecule has 5 rings (SSSR count). The maximum atomic E-state index is 13.2. The molecule has 1 aliphatic rings. The number of imidazole rings is 1. The highest BCUT2D eigenvalue weighted by Gasteiger charge is 2.45. The number of fused-ring (bicyclic) bond motifs is 2. The van der Waals surface area contributed by atoms with Gasteiger partial charge in [0.1, 0.15) is 11.4 Å². The number of nitrogens with zero attached hydrogens (tertiary/aromatic N) is 2. The van der Waals surface area contributed by atoms with E-state index >= 15 is 0 Å². The third-order valence-electron chi connectivity index (χ3n) is 6.34. The van der Waals surface area contributed by atoms with Crippen LogP contribution in [-0.4, -0.2) is 52.6 Å². The molecule has 1 saturated heterocycles. The number of furan rings is 1. The smallest absolute Gasteiger partial charge is 0.457 e. The van der Waals surface area contributed by atoms with Gasteiger partial charge in [-0.05, 0) is 44.2 Å². The van der Waals surface area contributed by atoms with Crippen LogP contribution in [0.2, 0.25) is 0 Å². The first-order valence-corrected chi connectivity index (χ1v) is 11.4. The Labute approximate surface area is 203 Å². The molecule has 1 aliphatic heterocycles. The molecule has 3 unspecified atom stereocenters. The third kappa shape index (κ3) is 4.78. The molecule has 2 aromatic heterocycles. The molecule has 0 bridgehead atoms. The molecule has 8 nitrogen and oxygen atoms in total. The summed E-state index contributed by atoms with van der Waals surface area (Å²) >= 11 is 0. The maximum absolute atomic E-state index is 13.2. The number of hydrogen-bond acceptors (Lipinski definition) is 6. The summed E-state index contributed by atoms with van der Waals surface area (Å²) in [5.41, 5.74) is 2.06. The SMILES string of the molecule is CN1CCC(NC(=O)C(OC(=O)C(F)(F)F)c2cc3ccccc3o2)CC1c1nc2ccccc2[nH]1. The zero-order valence-corrected chi connectivity index (χ0v) is 19.2. The lowest BCUT2D eigenvalue weighted by Gasteiger charge is -2.36. The highest BCUT2D eigenvalue weighted by molar-refractivity contribution is 5.87. The van der Waals surface area contributed by atoms with Crippen molar-refractivity contribution >= 4 is 33.9 Å². The van der Waals surface area contributed by atoms with E-state index in [1.165, 1.54) is 6.07 Å². The summed E-state index contributed by atoms with van der Waals surface area (Å²) in [7, 11) is 1.94. The van der Waals surface area contributed by atoms with Crippen molar-refractivity contribution in [2.45, 2.75) is 37.2 Å². The number of hydrogen-bond donors (Lipinski definition) is 2. The van der Waals surface area contributed by atoms with Gasteiger partial charge in [0.05, 0.1) is 17.1 Å². The van der Waals surface area contributed by atoms with Gasteiger partial charge in [-0.1, -0.05) is 30.3 Å². The number of alkyl halides is 3. The molecule has 0 radical (unpaired) electrons. The predicted molar refractivity (Wildman–Crippen MR) is 124 cm³/mol. The highest BCUT2D eigenvalue weighted by Crippen LogP contribution is 2.32. The summed E-state index contributed by atoms with van der Waals surface area (Å²) in [4.78, 5) is 34.9. The lowest BCUT2D eigenvalue weighted by molar-refractivity contribution is -0.206. The molecule has 3 heterocycles. The number of carbonyl (C=O) groups is 2. The number of ether oxygens (including phenoxy) is 1. The van der Waals surface area contributed by atoms with Crippen LogP contribution in [-0.2, 0) is 14.3 Å². The van der Waals surface area contributed by atoms with Gasteiger partial charge < -0.3 is 19.5 Å². The first-order chi connectivity index (χ1) is 17.2. The van der Waals surface area contributed by atoms with Crippen LogP contribution in [0.25, 0.3) is 22.0 Å². The minimum absolute atomic E-state index is 0.154. The largest absolute Gasteiger partial charge is 0.490 e. The van der Waals surface area contributed by atoms with Gasteiger partial charge in [-0.3, -0.25) is 9.69 Å². The van der Waals surface area contributed by atoms with Crippen molar-refractivity contribution in [3.05, 3.63) is 66.2 Å². The summed E-state index contributed by atoms with van der Waals surface area (Å²) in [6.07, 6.45) is -6.14. The molecule has 3 atom stereocenters. The Morgan fingerprint density at radius 3 is 2.69 bits per heavy atom. The second-order valence-electron chi connectivity index (χ2n) is 8.84. The number of piperidine rings is 1. The molecule has 4 aromatic rings. The van der Waals surface area contributed by atoms with Gasteiger partial charge >= 0.3 is 12.1 Å². The van der Waals surface area contributed by atoms with Crippen LogP contribution >= 0.6 is 0 Å². The standard InChI is InChI=1S/C25H23F3N4O4/c1-32-11-10-15(13-18(32)22-30-16-7-3-4-8-17(16)31-22)29-23(33)21(36-24(34)25(26,27)28)20-12-14-6-2-5-9-19(14)35-20/h2-9,12,15,18,21H,10-11,13H2,1H3,(H,29,33)(H,30,31). The summed E-state index contributed by atoms with van der Waals surface area (Å²) in [5.74, 6) is -2.81. The summed E-state index contributed by atoms with van der Waals surface area (Å²) in [6, 6.07) is 15.1. The number of benzene rings is 2. The molecule has 2 aromatic carbocycles. The number of H-pyrrole nitrogens is 1. The number of halogens is 3. The highest BCUT2D eigenvalue weighted by atomic mass is 19.4. The van der Waals surface area contributed by atoms with Gasteiger partial charge in [-0.2, -0.15) is 13.2 Å². The quantitative estimate of drug-likeness (QED) is 0.394. The predicted octanol–water partition coefficient (Wildman–Crippen LogP) is 4.41. The van der Waals surface area contributed by atoms with Crippen molar-refractivity contribution in [2.24, 2.45) is 0 Å². The van der Waals surface area contributed by atoms with E-state index in [4.69, 9.17) is 4.42 Å². The topological polar surface area (TPSA) is 100 Å². The number of aromatic amines is 1. The van der Waals surface area contributed by atoms with Crippen molar-refractivity contribution < 1.29 is 31.9 Å². The lowest BCUT2D eigenvalue weighted by atomic mass is 9.96. The number of amides is 1. The first-order valence-electron chi connectivity index (χ1n) is 11.4. The number of para-hydroxylation sites is 3. The molecule has 36 heavy (non-hydrogen) atoms. The van der Waals surface area contributed by atoms with Gasteiger partial charge in [0.15, 0.2) is 5.76 Å². The Kier molecular flexibility index (Phi) is 6.17. The van der Waals surface area contributed by atoms with Crippen LogP contribution < -0.4 is 5.32 Å². The van der Waals surface area contributed by atoms with Gasteiger partial charge in [0, 0.05) is 18.0 Å². The molecular weight excluding hydrogens is 477 g/mol. The maximum Gasteiger partial charge on any atom is 0.490 e. The van der Waals surface area contributed by atoms with Crippen LogP contribution in [0, 0.1) is 0 Å². The second-order valence-corrected chi connectivity index (χ2v) is 8.84. The van der Waals surface area contributed by atoms with Crippen LogP contribution in [0.5, 0.6) is 0 Å². The molecule has 1 fully saturated rings. The van der Waals surface area contributed by atoms with Crippen molar-refractivity contribution in [3.63, 3.8) is 0 Å². The summed E-state index contributed by atoms with van der Waals surface area (Å²) in [6.45, 7) is 0.615. The van der Waals surface area contributed by atoms with Crippen LogP contribution in [0.15, 0.2) is 59.0 Å². The van der Waals surface area contributed by atoms with Crippen molar-refractivity contribution in [1.29, 1.82) is 0 Å². The number of aromatic nitrogens is 2. The summed E-state index contributed by atoms with van der Waals surface area (Å²) < 4.78 is 49.1. The van der Waals surface area contributed by atoms with Gasteiger partial charge in [-0.15, -0.1) is 0 Å². The lowest BCUT2D eigenvalue weighted by Crippen LogP contribution is -2.47. The molecule has 0 saturated carbocycles. The first kappa shape index (κ1) is 23.9. The van der Waals surface area contributed by atoms with Crippen molar-refractivity contribution in [1.82, 2.24) is 20.2 Å². The Hall–Kier alpha value is -3.86. The molecule has 0 spiro atoms. The van der Waals surface area contributed by atoms with Crippen LogP contribution in [0.1, 0.15) is 36.6 Å². The molecule has 188 valence electrons. The molecule has 0 aliphatic carbocycles. The molecule has 11 heteroatoms. The van der Waals surface area contributed by atoms with E-state index in [0.29, 0.717) is 30.4 Å². The number of nitrogens with one attached hydrogen (secondary N) is 2. The average Bonchev–Trinajstić information content (AvgIpc) is 3.47. The average molecular weight is 500 g/mol. The fourth-order valence-corrected chi connectivity index (χ4v) is 4.49. The fourth-order valence-electron chi connectivity index (χ4n) is 4.49. The van der Waals surface area contributed by atoms with Crippen LogP contribution in [0.3, 0.4) is 0 Å². The number of likely N-dealkylation sites (tertiary alicyclic amines) is 1. The van der Waals surface area contributed by atoms with Crippen molar-refractivity contribution in [3.8, 4) is 0 Å². The Morgan fingerprint density at radius 1 is 1.19 bits per heavy atom. The third-order valence-corrected chi connectivity index (χ3v) is 6.34. The van der Waals surface area contributed by atoms with E-state index in [-0.39, 0.29) is 17.8 Å². The minimum Gasteiger partial charge on any atom is -0.457 e. The fraction of sp³-hybridized carbons (Fsp3) is 0.320. The Bertz CT molecular complexity index is 1350. The van der Waals surface area contributed by atoms with Crippen molar-refractivity contribution in [2.75, 3.05) is 13.6 Å². The van der Waals surface area contributed by atoms with Gasteiger partial charge in [-0.25, -0.2) is 9.78 Å². The normalized spacial score (nSPS) is 19.9. The second kappa shape index (κ2) is 9.30. The van der Waals surface area contributed by atoms with E-state index in [1.807, 2.05) is 31.3 Å². The minimum atomic E-state index is -5.26. The van der Waals surface area contributed by atoms with E-state index in [1.54, 1.807) is 24.3 Å². The van der Waals surface area contributed by atoms with Gasteiger partial charge in [0.25, 0.3) is 5.91 Å². The van der Waals surface area contributed by atoms with Crippen LogP contribution in [0.4, 0.5) is 13.2 Å². The number of esters is 1. The monoisotopic (exact) mass is 500 g/mol. The van der Waals surface area contributed by atoms with E-state index in [2.05, 4.69) is 24.9 Å². The molecule has 2 N–H and O–H groups in total. The Morgan fingerprint density at radius 2 is 1.94 bits per heavy atom. The number of rotatable bonds is 5. The van der Waals surface area contributed by atoms with Gasteiger partial charge in [0.2, 0.25) is 6.10 Å². The number of carbonyl (C=O) groups excluding carboxylic acids is 2. The zero-order valence-electron chi connectivity index (χ0n) is 19.2. The van der Waals surface area contributed by atoms with E-state index < -0.39 is 24.2 Å². The Balaban J connectivity index is 1.37. The zero-order chi connectivity index (χ0) is 25.4. The molecular formula is C25H23F3N4O4.